The Hall–Kier alpha value is -4.01. The predicted octanol–water partition coefficient (Wildman–Crippen LogP) is 3.58. The molecule has 0 saturated carbocycles. The highest BCUT2D eigenvalue weighted by molar-refractivity contribution is 6.06. The number of nitrogens with zero attached hydrogens (tertiary/aromatic N) is 2. The van der Waals surface area contributed by atoms with Crippen molar-refractivity contribution in [2.75, 3.05) is 33.3 Å². The van der Waals surface area contributed by atoms with Crippen molar-refractivity contribution in [3.05, 3.63) is 54.6 Å². The zero-order valence-electron chi connectivity index (χ0n) is 16.8. The minimum Gasteiger partial charge on any atom is -0.493 e. The fourth-order valence-electron chi connectivity index (χ4n) is 2.72. The Morgan fingerprint density at radius 1 is 1.07 bits per heavy atom. The van der Waals surface area contributed by atoms with Crippen molar-refractivity contribution in [3.63, 3.8) is 0 Å². The first-order chi connectivity index (χ1) is 14.6. The molecular weight excluding hydrogens is 390 g/mol. The van der Waals surface area contributed by atoms with E-state index in [1.807, 2.05) is 0 Å². The van der Waals surface area contributed by atoms with Crippen LogP contribution in [0.3, 0.4) is 0 Å². The smallest absolute Gasteiger partial charge is 0.257 e. The van der Waals surface area contributed by atoms with E-state index in [1.165, 1.54) is 33.5 Å². The van der Waals surface area contributed by atoms with Crippen LogP contribution in [-0.4, -0.2) is 44.2 Å². The maximum Gasteiger partial charge on any atom is 0.257 e. The summed E-state index contributed by atoms with van der Waals surface area (Å²) in [6.07, 6.45) is 1.66. The second-order valence-corrected chi connectivity index (χ2v) is 5.95. The number of benzene rings is 2. The molecule has 3 rings (SSSR count). The fraction of sp³-hybridized carbons (Fsp3) is 0.190. The van der Waals surface area contributed by atoms with Crippen molar-refractivity contribution < 1.29 is 28.4 Å². The third kappa shape index (κ3) is 4.35. The highest BCUT2D eigenvalue weighted by Gasteiger charge is 2.20. The number of aromatic nitrogens is 2. The molecule has 0 aliphatic heterocycles. The van der Waals surface area contributed by atoms with E-state index in [2.05, 4.69) is 22.2 Å². The molecule has 0 aliphatic rings. The Kier molecular flexibility index (Phi) is 6.53. The lowest BCUT2D eigenvalue weighted by Gasteiger charge is -2.13. The van der Waals surface area contributed by atoms with Crippen LogP contribution in [0.1, 0.15) is 10.4 Å². The molecule has 3 aromatic rings. The van der Waals surface area contributed by atoms with Gasteiger partial charge in [-0.3, -0.25) is 4.79 Å². The van der Waals surface area contributed by atoms with Crippen LogP contribution in [-0.2, 0) is 0 Å². The summed E-state index contributed by atoms with van der Waals surface area (Å²) in [5.41, 5.74) is 1.36. The van der Waals surface area contributed by atoms with E-state index in [4.69, 9.17) is 23.6 Å². The SMILES string of the molecule is C=CCOc1ccc(-c2nonc2NC(=O)c2cc(OC)c(OC)c(OC)c2)cc1. The first kappa shape index (κ1) is 20.7. The number of ether oxygens (including phenoxy) is 4. The van der Waals surface area contributed by atoms with Crippen LogP contribution < -0.4 is 24.3 Å². The maximum absolute atomic E-state index is 12.8. The number of methoxy groups -OCH3 is 3. The monoisotopic (exact) mass is 411 g/mol. The normalized spacial score (nSPS) is 10.2. The molecular formula is C21H21N3O6. The molecule has 0 aliphatic carbocycles. The Balaban J connectivity index is 1.84. The van der Waals surface area contributed by atoms with Gasteiger partial charge < -0.3 is 24.3 Å². The van der Waals surface area contributed by atoms with Crippen LogP contribution >= 0.6 is 0 Å². The van der Waals surface area contributed by atoms with Crippen molar-refractivity contribution >= 4 is 11.7 Å². The van der Waals surface area contributed by atoms with E-state index in [0.29, 0.717) is 40.9 Å². The van der Waals surface area contributed by atoms with Gasteiger partial charge in [0.15, 0.2) is 17.2 Å². The van der Waals surface area contributed by atoms with E-state index in [-0.39, 0.29) is 11.4 Å². The second kappa shape index (κ2) is 9.46. The van der Waals surface area contributed by atoms with Crippen LogP contribution in [0.15, 0.2) is 53.7 Å². The molecule has 1 heterocycles. The van der Waals surface area contributed by atoms with Crippen LogP contribution in [0, 0.1) is 0 Å². The highest BCUT2D eigenvalue weighted by atomic mass is 16.6. The van der Waals surface area contributed by atoms with Crippen LogP contribution in [0.2, 0.25) is 0 Å². The number of hydrogen-bond acceptors (Lipinski definition) is 8. The molecule has 0 saturated heterocycles. The summed E-state index contributed by atoms with van der Waals surface area (Å²) in [4.78, 5) is 12.8. The van der Waals surface area contributed by atoms with Crippen molar-refractivity contribution in [1.82, 2.24) is 10.3 Å². The van der Waals surface area contributed by atoms with Gasteiger partial charge in [-0.05, 0) is 46.7 Å². The lowest BCUT2D eigenvalue weighted by molar-refractivity contribution is 0.102. The molecule has 9 heteroatoms. The topological polar surface area (TPSA) is 105 Å². The lowest BCUT2D eigenvalue weighted by Crippen LogP contribution is -2.13. The molecule has 1 aromatic heterocycles. The van der Waals surface area contributed by atoms with Crippen LogP contribution in [0.5, 0.6) is 23.0 Å². The first-order valence-corrected chi connectivity index (χ1v) is 8.89. The predicted molar refractivity (Wildman–Crippen MR) is 109 cm³/mol. The van der Waals surface area contributed by atoms with Crippen molar-refractivity contribution in [2.45, 2.75) is 0 Å². The summed E-state index contributed by atoms with van der Waals surface area (Å²) < 4.78 is 26.1. The number of hydrogen-bond donors (Lipinski definition) is 1. The first-order valence-electron chi connectivity index (χ1n) is 8.89. The van der Waals surface area contributed by atoms with E-state index in [1.54, 1.807) is 30.3 Å². The summed E-state index contributed by atoms with van der Waals surface area (Å²) >= 11 is 0. The molecule has 0 unspecified atom stereocenters. The molecule has 156 valence electrons. The van der Waals surface area contributed by atoms with Gasteiger partial charge in [0.1, 0.15) is 12.4 Å². The number of amides is 1. The number of carbonyl (C=O) groups is 1. The van der Waals surface area contributed by atoms with Gasteiger partial charge in [-0.15, -0.1) is 0 Å². The van der Waals surface area contributed by atoms with Crippen molar-refractivity contribution in [3.8, 4) is 34.3 Å². The fourth-order valence-corrected chi connectivity index (χ4v) is 2.72. The third-order valence-electron chi connectivity index (χ3n) is 4.14. The van der Waals surface area contributed by atoms with Crippen molar-refractivity contribution in [2.24, 2.45) is 0 Å². The second-order valence-electron chi connectivity index (χ2n) is 5.95. The molecule has 1 amide bonds. The number of nitrogens with one attached hydrogen (secondary N) is 1. The van der Waals surface area contributed by atoms with Gasteiger partial charge in [0.25, 0.3) is 5.91 Å². The molecule has 0 fully saturated rings. The lowest BCUT2D eigenvalue weighted by atomic mass is 10.1. The standard InChI is InChI=1S/C21H21N3O6/c1-5-10-29-15-8-6-13(7-9-15)18-20(24-30-23-18)22-21(25)14-11-16(26-2)19(28-4)17(12-14)27-3/h5-9,11-12H,1,10H2,2-4H3,(H,22,24,25). The zero-order chi connectivity index (χ0) is 21.5. The Morgan fingerprint density at radius 2 is 1.73 bits per heavy atom. The molecule has 1 N–H and O–H groups in total. The number of anilines is 1. The third-order valence-corrected chi connectivity index (χ3v) is 4.14. The minimum absolute atomic E-state index is 0.175. The van der Waals surface area contributed by atoms with E-state index in [9.17, 15) is 4.79 Å². The summed E-state index contributed by atoms with van der Waals surface area (Å²) in [6, 6.07) is 10.2. The van der Waals surface area contributed by atoms with Gasteiger partial charge in [0, 0.05) is 11.1 Å². The van der Waals surface area contributed by atoms with Gasteiger partial charge in [-0.25, -0.2) is 4.63 Å². The summed E-state index contributed by atoms with van der Waals surface area (Å²) in [5, 5.41) is 10.4. The minimum atomic E-state index is -0.447. The molecule has 30 heavy (non-hydrogen) atoms. The van der Waals surface area contributed by atoms with Crippen LogP contribution in [0.4, 0.5) is 5.82 Å². The average molecular weight is 411 g/mol. The quantitative estimate of drug-likeness (QED) is 0.533. The van der Waals surface area contributed by atoms with E-state index >= 15 is 0 Å². The largest absolute Gasteiger partial charge is 0.493 e. The van der Waals surface area contributed by atoms with Gasteiger partial charge in [-0.2, -0.15) is 0 Å². The Bertz CT molecular complexity index is 1000. The molecule has 0 radical (unpaired) electrons. The van der Waals surface area contributed by atoms with Gasteiger partial charge in [0.2, 0.25) is 11.6 Å². The molecule has 0 atom stereocenters. The number of carbonyl (C=O) groups excluding carboxylic acids is 1. The molecule has 2 aromatic carbocycles. The Morgan fingerprint density at radius 3 is 2.30 bits per heavy atom. The highest BCUT2D eigenvalue weighted by Crippen LogP contribution is 2.38. The Labute approximate surface area is 173 Å². The van der Waals surface area contributed by atoms with Gasteiger partial charge in [-0.1, -0.05) is 12.7 Å². The zero-order valence-corrected chi connectivity index (χ0v) is 16.8. The summed E-state index contributed by atoms with van der Waals surface area (Å²) in [5.74, 6) is 1.51. The van der Waals surface area contributed by atoms with Crippen molar-refractivity contribution in [1.29, 1.82) is 0 Å². The summed E-state index contributed by atoms with van der Waals surface area (Å²) in [7, 11) is 4.43. The van der Waals surface area contributed by atoms with Crippen LogP contribution in [0.25, 0.3) is 11.3 Å². The van der Waals surface area contributed by atoms with E-state index in [0.717, 1.165) is 0 Å². The molecule has 0 spiro atoms. The van der Waals surface area contributed by atoms with Gasteiger partial charge >= 0.3 is 0 Å². The van der Waals surface area contributed by atoms with Gasteiger partial charge in [0.05, 0.1) is 21.3 Å². The molecule has 0 bridgehead atoms. The van der Waals surface area contributed by atoms with E-state index < -0.39 is 5.91 Å². The average Bonchev–Trinajstić information content (AvgIpc) is 3.24. The summed E-state index contributed by atoms with van der Waals surface area (Å²) in [6.45, 7) is 4.01. The maximum atomic E-state index is 12.8. The molecule has 9 nitrogen and oxygen atoms in total. The number of rotatable bonds is 9.